The summed E-state index contributed by atoms with van der Waals surface area (Å²) in [4.78, 5) is 21.9. The van der Waals surface area contributed by atoms with E-state index in [2.05, 4.69) is 249 Å². The Morgan fingerprint density at radius 2 is 0.555 bits per heavy atom. The molecule has 6 aliphatic carbocycles. The molecule has 0 radical (unpaired) electrons. The lowest BCUT2D eigenvalue weighted by molar-refractivity contribution is -0.461. The summed E-state index contributed by atoms with van der Waals surface area (Å²) in [5.41, 5.74) is 7.05. The van der Waals surface area contributed by atoms with Crippen molar-refractivity contribution < 1.29 is 98.1 Å². The number of hydrogen-bond donors (Lipinski definition) is 10. The van der Waals surface area contributed by atoms with Gasteiger partial charge in [0.1, 0.15) is 36.6 Å². The van der Waals surface area contributed by atoms with Gasteiger partial charge in [-0.05, 0) is 155 Å². The van der Waals surface area contributed by atoms with Crippen molar-refractivity contribution in [2.45, 2.75) is 425 Å². The zero-order valence-electron chi connectivity index (χ0n) is 87.8. The van der Waals surface area contributed by atoms with Crippen LogP contribution >= 0.6 is 0 Å². The zero-order valence-corrected chi connectivity index (χ0v) is 87.8. The molecule has 742 valence electrons. The first-order valence-electron chi connectivity index (χ1n) is 48.3. The predicted octanol–water partition coefficient (Wildman–Crippen LogP) is 19.6. The van der Waals surface area contributed by atoms with Crippen LogP contribution in [0.2, 0.25) is 0 Å². The van der Waals surface area contributed by atoms with Crippen LogP contribution in [0.5, 0.6) is 0 Å². The van der Waals surface area contributed by atoms with Crippen molar-refractivity contribution >= 4 is 49.3 Å². The Bertz CT molecular complexity index is 3030. The van der Waals surface area contributed by atoms with Crippen LogP contribution in [0.3, 0.4) is 0 Å². The molecule has 128 heavy (non-hydrogen) atoms. The summed E-state index contributed by atoms with van der Waals surface area (Å²) in [6, 6.07) is 28.9. The Balaban J connectivity index is 0.00000148. The molecule has 4 heterocycles. The third-order valence-corrected chi connectivity index (χ3v) is 18.6. The van der Waals surface area contributed by atoms with E-state index in [9.17, 15) is 30.0 Å². The lowest BCUT2D eigenvalue weighted by atomic mass is 9.69. The van der Waals surface area contributed by atoms with Crippen molar-refractivity contribution in [1.82, 2.24) is 0 Å². The van der Waals surface area contributed by atoms with Crippen molar-refractivity contribution in [2.75, 3.05) is 39.6 Å². The van der Waals surface area contributed by atoms with Gasteiger partial charge in [-0.25, -0.2) is 0 Å². The molecule has 23 heteroatoms. The van der Waals surface area contributed by atoms with E-state index < -0.39 is 68.9 Å². The van der Waals surface area contributed by atoms with Crippen molar-refractivity contribution in [2.24, 2.45) is 84.2 Å². The van der Waals surface area contributed by atoms with Gasteiger partial charge in [0.25, 0.3) is 0 Å². The molecule has 10 fully saturated rings. The van der Waals surface area contributed by atoms with E-state index >= 15 is 0 Å². The summed E-state index contributed by atoms with van der Waals surface area (Å²) >= 11 is 0. The van der Waals surface area contributed by atoms with E-state index in [0.717, 1.165) is 88.0 Å². The van der Waals surface area contributed by atoms with Gasteiger partial charge >= 0.3 is 21.4 Å². The first-order valence-corrected chi connectivity index (χ1v) is 48.3. The number of benzene rings is 3. The summed E-state index contributed by atoms with van der Waals surface area (Å²) in [6.07, 6.45) is 11.0. The van der Waals surface area contributed by atoms with E-state index in [1.165, 1.54) is 0 Å². The third kappa shape index (κ3) is 55.5. The van der Waals surface area contributed by atoms with E-state index in [0.29, 0.717) is 106 Å². The number of fused-ring (bicyclic) bond motifs is 2. The van der Waals surface area contributed by atoms with Gasteiger partial charge in [0.2, 0.25) is 0 Å². The fraction of sp³-hybridized carbons (Fsp3) is 0.810. The fourth-order valence-electron chi connectivity index (χ4n) is 13.9. The molecule has 16 unspecified atom stereocenters. The molecular formula is C105H193B3O20. The van der Waals surface area contributed by atoms with Gasteiger partial charge in [-0.1, -0.05) is 366 Å². The fourth-order valence-corrected chi connectivity index (χ4v) is 13.9. The highest BCUT2D eigenvalue weighted by atomic mass is 16.8. The molecule has 16 atom stereocenters. The molecule has 20 nitrogen and oxygen atoms in total. The molecule has 0 aromatic heterocycles. The monoisotopic (exact) mass is 1810 g/mol. The molecule has 2 spiro atoms. The number of ether oxygens (including phenoxy) is 4. The lowest BCUT2D eigenvalue weighted by Gasteiger charge is -2.64. The normalized spacial score (nSPS) is 28.9. The van der Waals surface area contributed by atoms with Crippen LogP contribution in [0.25, 0.3) is 0 Å². The molecule has 0 bridgehead atoms. The van der Waals surface area contributed by atoms with E-state index in [4.69, 9.17) is 68.0 Å². The van der Waals surface area contributed by atoms with Gasteiger partial charge in [0.15, 0.2) is 34.7 Å². The largest absolute Gasteiger partial charge is 0.496 e. The molecule has 4 aliphatic heterocycles. The molecule has 3 aromatic rings. The Morgan fingerprint density at radius 1 is 0.320 bits per heavy atom. The van der Waals surface area contributed by atoms with Crippen LogP contribution in [-0.2, 0) is 47.2 Å². The average Bonchev–Trinajstić information content (AvgIpc) is 0.706. The first-order chi connectivity index (χ1) is 58.1. The topological polar surface area (TPSA) is 310 Å². The lowest BCUT2D eigenvalue weighted by Crippen LogP contribution is -2.77. The number of carbonyl (C=O) groups is 2. The number of Topliss-reactive ketones (excluding diaryl/α,β-unsaturated/α-hetero) is 2. The maximum atomic E-state index is 10.9. The second-order valence-corrected chi connectivity index (χ2v) is 50.9. The molecule has 10 N–H and O–H groups in total. The number of carbonyl (C=O) groups excluding carboxylic acids is 2. The highest BCUT2D eigenvalue weighted by Crippen LogP contribution is 2.56. The number of rotatable bonds is 7. The Kier molecular flexibility index (Phi) is 54.7. The summed E-state index contributed by atoms with van der Waals surface area (Å²) in [5, 5.41) is 93.0. The Morgan fingerprint density at radius 3 is 0.781 bits per heavy atom. The van der Waals surface area contributed by atoms with E-state index in [1.807, 2.05) is 66.7 Å². The number of hydrogen-bond acceptors (Lipinski definition) is 20. The molecule has 13 rings (SSSR count). The maximum absolute atomic E-state index is 10.9. The van der Waals surface area contributed by atoms with Crippen LogP contribution in [0, 0.1) is 84.2 Å². The van der Waals surface area contributed by atoms with E-state index in [1.54, 1.807) is 24.3 Å². The first kappa shape index (κ1) is 124. The Hall–Kier alpha value is -3.53. The summed E-state index contributed by atoms with van der Waals surface area (Å²) in [6.45, 7) is 79.4. The Labute approximate surface area is 782 Å². The van der Waals surface area contributed by atoms with Gasteiger partial charge in [-0.15, -0.1) is 0 Å². The third-order valence-electron chi connectivity index (χ3n) is 18.6. The van der Waals surface area contributed by atoms with Crippen LogP contribution < -0.4 is 16.4 Å². The van der Waals surface area contributed by atoms with Crippen molar-refractivity contribution in [3.05, 3.63) is 91.0 Å². The van der Waals surface area contributed by atoms with Gasteiger partial charge < -0.3 is 88.5 Å². The number of aliphatic hydroxyl groups is 8. The molecule has 6 saturated carbocycles. The number of aliphatic hydroxyl groups excluding tert-OH is 6. The van der Waals surface area contributed by atoms with Crippen LogP contribution in [0.4, 0.5) is 0 Å². The van der Waals surface area contributed by atoms with Gasteiger partial charge in [0, 0.05) is 48.7 Å². The van der Waals surface area contributed by atoms with E-state index in [-0.39, 0.29) is 85.7 Å². The average molecular weight is 1810 g/mol. The predicted molar refractivity (Wildman–Crippen MR) is 529 cm³/mol. The minimum absolute atomic E-state index is 0.115. The van der Waals surface area contributed by atoms with Gasteiger partial charge in [-0.2, -0.15) is 0 Å². The van der Waals surface area contributed by atoms with Gasteiger partial charge in [-0.3, -0.25) is 9.59 Å². The number of ketones is 2. The minimum Gasteiger partial charge on any atom is -0.423 e. The molecule has 3 aromatic carbocycles. The second kappa shape index (κ2) is 56.2. The molecule has 10 aliphatic rings. The maximum Gasteiger partial charge on any atom is 0.496 e. The van der Waals surface area contributed by atoms with Crippen molar-refractivity contribution in [1.29, 1.82) is 0 Å². The summed E-state index contributed by atoms with van der Waals surface area (Å²) in [5.74, 6) is -6.13. The molecular weight excluding hydrogens is 1610 g/mol. The summed E-state index contributed by atoms with van der Waals surface area (Å²) < 4.78 is 51.7. The van der Waals surface area contributed by atoms with Crippen LogP contribution in [-0.4, -0.2) is 183 Å². The van der Waals surface area contributed by atoms with Crippen molar-refractivity contribution in [3.8, 4) is 0 Å². The highest BCUT2D eigenvalue weighted by molar-refractivity contribution is 6.62. The highest BCUT2D eigenvalue weighted by Gasteiger charge is 2.69. The second-order valence-electron chi connectivity index (χ2n) is 50.9. The standard InChI is InChI=1S/C26H30B2O6.C14H24O6.2C7H12O3.C6H7BO2.9C5H12/c1-3-11-21(12-4-1)27-29-17-19-9-7-15-23-25(19,33-27)31-24-16-8-10-20-18-30-28(34-26(20,24)32-23)22-13-5-2-6-14-22;15-7-9-3-1-5-11-13(9,17)20-12-6-2-4-10(8-16)14(12,18)19-11;2*8-4-5-2-1-3-6(9)7(5)10;8-7(9)6-4-2-1-3-5-6;9*1-5(2,3)4/h1-6,11-14,19-20,23-24H,7-10,15-18H2;9-12,15-18H,1-8H2;2*5-6,8-9H,1-4H2;1-5,8-9H;9*1-4H3. The van der Waals surface area contributed by atoms with Crippen molar-refractivity contribution in [3.63, 3.8) is 0 Å². The van der Waals surface area contributed by atoms with Crippen LogP contribution in [0.1, 0.15) is 365 Å². The molecule has 4 saturated heterocycles. The molecule has 0 amide bonds. The summed E-state index contributed by atoms with van der Waals surface area (Å²) in [7, 11) is -2.25. The zero-order chi connectivity index (χ0) is 99.3. The van der Waals surface area contributed by atoms with Crippen LogP contribution in [0.15, 0.2) is 91.0 Å². The smallest absolute Gasteiger partial charge is 0.423 e. The minimum atomic E-state index is -1.53. The SMILES string of the molecule is CC(C)(C)C.CC(C)(C)C.CC(C)(C)C.CC(C)(C)C.CC(C)(C)C.CC(C)(C)C.CC(C)(C)C.CC(C)(C)C.CC(C)(C)C.O=C1C(O)CCCC1CO.O=C1C(O)CCCC1CO.OB(O)c1ccccc1.OCC1CCCC2OC3(O)C(CO)CCCC3OC12O.c1ccc(B2OCC3CCCC4OC56OB(c7ccccc7)OCC5CCCC6OC34O2)cc1. The van der Waals surface area contributed by atoms with Gasteiger partial charge in [0.05, 0.1) is 26.4 Å². The quantitative estimate of drug-likeness (QED) is 0.0983.